The average molecular weight is 498 g/mol. The van der Waals surface area contributed by atoms with Gasteiger partial charge in [-0.1, -0.05) is 18.2 Å². The van der Waals surface area contributed by atoms with E-state index in [0.717, 1.165) is 46.7 Å². The number of aliphatic hydroxyl groups excluding tert-OH is 1. The van der Waals surface area contributed by atoms with Crippen molar-refractivity contribution in [3.63, 3.8) is 0 Å². The Morgan fingerprint density at radius 3 is 2.78 bits per heavy atom. The normalized spacial score (nSPS) is 21.5. The van der Waals surface area contributed by atoms with E-state index in [-0.39, 0.29) is 11.1 Å². The van der Waals surface area contributed by atoms with Gasteiger partial charge in [0.1, 0.15) is 5.69 Å². The highest BCUT2D eigenvalue weighted by Gasteiger charge is 2.43. The van der Waals surface area contributed by atoms with Crippen molar-refractivity contribution in [1.82, 2.24) is 4.98 Å². The van der Waals surface area contributed by atoms with Crippen molar-refractivity contribution >= 4 is 17.3 Å². The molecule has 6 nitrogen and oxygen atoms in total. The summed E-state index contributed by atoms with van der Waals surface area (Å²) in [7, 11) is 0. The van der Waals surface area contributed by atoms with E-state index in [1.165, 1.54) is 6.07 Å². The molecule has 0 saturated carbocycles. The highest BCUT2D eigenvalue weighted by molar-refractivity contribution is 6.04. The molecular weight excluding hydrogens is 471 g/mol. The summed E-state index contributed by atoms with van der Waals surface area (Å²) >= 11 is 0. The van der Waals surface area contributed by atoms with Crippen LogP contribution in [0.4, 0.5) is 24.5 Å². The number of carbonyl (C=O) groups excluding carboxylic acids is 1. The number of hydrogen-bond donors (Lipinski definition) is 2. The highest BCUT2D eigenvalue weighted by atomic mass is 19.4. The van der Waals surface area contributed by atoms with Crippen LogP contribution in [-0.2, 0) is 10.9 Å². The predicted octanol–water partition coefficient (Wildman–Crippen LogP) is 5.36. The van der Waals surface area contributed by atoms with Gasteiger partial charge in [0.15, 0.2) is 0 Å². The Kier molecular flexibility index (Phi) is 6.00. The van der Waals surface area contributed by atoms with Gasteiger partial charge in [-0.05, 0) is 60.9 Å². The Balaban J connectivity index is 1.46. The van der Waals surface area contributed by atoms with Crippen LogP contribution in [0, 0.1) is 6.92 Å². The average Bonchev–Trinajstić information content (AvgIpc) is 2.84. The van der Waals surface area contributed by atoms with Crippen LogP contribution in [0.5, 0.6) is 0 Å². The number of rotatable bonds is 3. The maximum Gasteiger partial charge on any atom is 0.433 e. The first-order chi connectivity index (χ1) is 17.0. The second kappa shape index (κ2) is 8.90. The number of hydrogen-bond acceptors (Lipinski definition) is 5. The smallest absolute Gasteiger partial charge is 0.388 e. The molecule has 0 bridgehead atoms. The van der Waals surface area contributed by atoms with Crippen molar-refractivity contribution in [2.24, 2.45) is 0 Å². The lowest BCUT2D eigenvalue weighted by atomic mass is 9.82. The lowest BCUT2D eigenvalue weighted by molar-refractivity contribution is -0.141. The van der Waals surface area contributed by atoms with E-state index in [4.69, 9.17) is 4.74 Å². The molecule has 0 aliphatic carbocycles. The number of nitrogens with zero attached hydrogens (tertiary/aromatic N) is 2. The van der Waals surface area contributed by atoms with Crippen molar-refractivity contribution in [1.29, 1.82) is 0 Å². The van der Waals surface area contributed by atoms with Gasteiger partial charge in [0.05, 0.1) is 24.9 Å². The SMILES string of the molecule is Cc1ccc(NC(=O)c2ccnc(C(F)(F)F)c2)cc1-c1ccc2c(c1)N1CCOC[C@@]1(C)C[C@H]2O. The molecule has 2 N–H and O–H groups in total. The number of benzene rings is 2. The number of alkyl halides is 3. The summed E-state index contributed by atoms with van der Waals surface area (Å²) in [5, 5.41) is 13.5. The molecule has 36 heavy (non-hydrogen) atoms. The molecule has 0 unspecified atom stereocenters. The Morgan fingerprint density at radius 1 is 1.19 bits per heavy atom. The van der Waals surface area contributed by atoms with Gasteiger partial charge < -0.3 is 20.1 Å². The largest absolute Gasteiger partial charge is 0.433 e. The second-order valence-electron chi connectivity index (χ2n) is 9.61. The topological polar surface area (TPSA) is 74.7 Å². The molecule has 2 aromatic carbocycles. The standard InChI is InChI=1S/C27H26F3N3O3/c1-16-3-5-19(32-25(35)18-7-8-31-24(12-18)27(28,29)30)13-21(16)17-4-6-20-22(11-17)33-9-10-36-15-26(33,2)14-23(20)34/h3-8,11-13,23,34H,9-10,14-15H2,1-2H3,(H,32,35)/t23-,26-/m1/s1. The van der Waals surface area contributed by atoms with Crippen LogP contribution in [-0.4, -0.2) is 41.3 Å². The lowest BCUT2D eigenvalue weighted by Crippen LogP contribution is -2.58. The van der Waals surface area contributed by atoms with Crippen LogP contribution in [0.15, 0.2) is 54.7 Å². The quantitative estimate of drug-likeness (QED) is 0.510. The molecule has 188 valence electrons. The molecule has 0 radical (unpaired) electrons. The summed E-state index contributed by atoms with van der Waals surface area (Å²) in [5.41, 5.74) is 3.50. The van der Waals surface area contributed by atoms with E-state index in [2.05, 4.69) is 22.1 Å². The molecule has 3 aromatic rings. The number of aryl methyl sites for hydroxylation is 1. The van der Waals surface area contributed by atoms with Gasteiger partial charge in [0, 0.05) is 41.7 Å². The monoisotopic (exact) mass is 497 g/mol. The molecule has 1 fully saturated rings. The zero-order chi connectivity index (χ0) is 25.7. The second-order valence-corrected chi connectivity index (χ2v) is 9.61. The van der Waals surface area contributed by atoms with E-state index in [9.17, 15) is 23.1 Å². The number of carbonyl (C=O) groups is 1. The molecule has 2 aliphatic rings. The van der Waals surface area contributed by atoms with Crippen LogP contribution in [0.25, 0.3) is 11.1 Å². The number of anilines is 2. The van der Waals surface area contributed by atoms with Crippen LogP contribution < -0.4 is 10.2 Å². The molecule has 1 saturated heterocycles. The highest BCUT2D eigenvalue weighted by Crippen LogP contribution is 2.45. The first-order valence-electron chi connectivity index (χ1n) is 11.7. The molecule has 5 rings (SSSR count). The third kappa shape index (κ3) is 4.44. The number of aromatic nitrogens is 1. The Morgan fingerprint density at radius 2 is 2.00 bits per heavy atom. The summed E-state index contributed by atoms with van der Waals surface area (Å²) in [4.78, 5) is 18.3. The predicted molar refractivity (Wildman–Crippen MR) is 130 cm³/mol. The summed E-state index contributed by atoms with van der Waals surface area (Å²) in [6.45, 7) is 5.92. The number of fused-ring (bicyclic) bond motifs is 3. The Bertz CT molecular complexity index is 1330. The van der Waals surface area contributed by atoms with Gasteiger partial charge in [0.2, 0.25) is 0 Å². The van der Waals surface area contributed by atoms with Crippen molar-refractivity contribution in [3.05, 3.63) is 77.1 Å². The molecule has 0 spiro atoms. The molecule has 2 atom stereocenters. The fourth-order valence-electron chi connectivity index (χ4n) is 5.07. The number of amides is 1. The molecule has 2 aliphatic heterocycles. The van der Waals surface area contributed by atoms with E-state index < -0.39 is 23.9 Å². The zero-order valence-electron chi connectivity index (χ0n) is 19.9. The Hall–Kier alpha value is -3.43. The molecule has 1 aromatic heterocycles. The maximum atomic E-state index is 13.0. The van der Waals surface area contributed by atoms with E-state index in [1.807, 2.05) is 31.2 Å². The van der Waals surface area contributed by atoms with Crippen LogP contribution in [0.1, 0.15) is 46.6 Å². The van der Waals surface area contributed by atoms with E-state index in [1.54, 1.807) is 12.1 Å². The number of ether oxygens (including phenoxy) is 1. The van der Waals surface area contributed by atoms with Crippen LogP contribution in [0.2, 0.25) is 0 Å². The number of aliphatic hydroxyl groups is 1. The molecule has 9 heteroatoms. The van der Waals surface area contributed by atoms with Gasteiger partial charge >= 0.3 is 6.18 Å². The summed E-state index contributed by atoms with van der Waals surface area (Å²) in [5.74, 6) is -0.657. The first kappa shape index (κ1) is 24.3. The molecular formula is C27H26F3N3O3. The van der Waals surface area contributed by atoms with Crippen molar-refractivity contribution in [3.8, 4) is 11.1 Å². The summed E-state index contributed by atoms with van der Waals surface area (Å²) < 4.78 is 44.7. The van der Waals surface area contributed by atoms with Gasteiger partial charge in [0.25, 0.3) is 5.91 Å². The zero-order valence-corrected chi connectivity index (χ0v) is 19.9. The fourth-order valence-corrected chi connectivity index (χ4v) is 5.07. The summed E-state index contributed by atoms with van der Waals surface area (Å²) in [6.07, 6.45) is -3.67. The van der Waals surface area contributed by atoms with Crippen LogP contribution in [0.3, 0.4) is 0 Å². The third-order valence-corrected chi connectivity index (χ3v) is 6.96. The van der Waals surface area contributed by atoms with Gasteiger partial charge in [-0.15, -0.1) is 0 Å². The number of halogens is 3. The number of nitrogens with one attached hydrogen (secondary N) is 1. The minimum Gasteiger partial charge on any atom is -0.388 e. The third-order valence-electron chi connectivity index (χ3n) is 6.96. The van der Waals surface area contributed by atoms with Crippen molar-refractivity contribution in [2.75, 3.05) is 30.0 Å². The van der Waals surface area contributed by atoms with Crippen molar-refractivity contribution in [2.45, 2.75) is 38.1 Å². The van der Waals surface area contributed by atoms with E-state index in [0.29, 0.717) is 25.3 Å². The first-order valence-corrected chi connectivity index (χ1v) is 11.7. The number of pyridine rings is 1. The van der Waals surface area contributed by atoms with Gasteiger partial charge in [-0.3, -0.25) is 9.78 Å². The Labute approximate surface area is 206 Å². The fraction of sp³-hybridized carbons (Fsp3) is 0.333. The van der Waals surface area contributed by atoms with Gasteiger partial charge in [-0.2, -0.15) is 13.2 Å². The molecule has 3 heterocycles. The van der Waals surface area contributed by atoms with Crippen LogP contribution >= 0.6 is 0 Å². The minimum atomic E-state index is -4.64. The van der Waals surface area contributed by atoms with Gasteiger partial charge in [-0.25, -0.2) is 0 Å². The summed E-state index contributed by atoms with van der Waals surface area (Å²) in [6, 6.07) is 13.3. The number of morpholine rings is 1. The minimum absolute atomic E-state index is 0.131. The van der Waals surface area contributed by atoms with Crippen molar-refractivity contribution < 1.29 is 27.8 Å². The maximum absolute atomic E-state index is 13.0. The molecule has 1 amide bonds. The lowest BCUT2D eigenvalue weighted by Gasteiger charge is -2.51. The van der Waals surface area contributed by atoms with E-state index >= 15 is 0 Å².